The Morgan fingerprint density at radius 1 is 0.872 bits per heavy atom. The van der Waals surface area contributed by atoms with Gasteiger partial charge < -0.3 is 10.2 Å². The number of hydrogen-bond donors (Lipinski definition) is 1. The van der Waals surface area contributed by atoms with E-state index < -0.39 is 34.3 Å². The van der Waals surface area contributed by atoms with Gasteiger partial charge in [-0.3, -0.25) is 13.9 Å². The third-order valence-corrected chi connectivity index (χ3v) is 10.8. The van der Waals surface area contributed by atoms with Gasteiger partial charge >= 0.3 is 0 Å². The van der Waals surface area contributed by atoms with Crippen molar-refractivity contribution in [1.29, 1.82) is 0 Å². The summed E-state index contributed by atoms with van der Waals surface area (Å²) in [4.78, 5) is 30.2. The van der Waals surface area contributed by atoms with E-state index in [1.165, 1.54) is 29.2 Å². The van der Waals surface area contributed by atoms with Crippen molar-refractivity contribution >= 4 is 55.1 Å². The van der Waals surface area contributed by atoms with E-state index >= 15 is 0 Å². The molecular formula is C36H36BrClFN3O4S. The Balaban J connectivity index is 1.57. The first-order valence-corrected chi connectivity index (χ1v) is 18.1. The van der Waals surface area contributed by atoms with Gasteiger partial charge in [-0.25, -0.2) is 12.8 Å². The normalized spacial score (nSPS) is 14.3. The first-order valence-electron chi connectivity index (χ1n) is 15.5. The summed E-state index contributed by atoms with van der Waals surface area (Å²) in [6.45, 7) is -0.619. The van der Waals surface area contributed by atoms with Gasteiger partial charge in [-0.1, -0.05) is 107 Å². The Labute approximate surface area is 288 Å². The molecule has 4 aromatic carbocycles. The molecule has 1 fully saturated rings. The number of rotatable bonds is 12. The molecule has 47 heavy (non-hydrogen) atoms. The van der Waals surface area contributed by atoms with Crippen LogP contribution in [0.1, 0.15) is 43.2 Å². The number of carbonyl (C=O) groups excluding carboxylic acids is 2. The van der Waals surface area contributed by atoms with E-state index in [1.54, 1.807) is 18.2 Å². The second kappa shape index (κ2) is 15.9. The van der Waals surface area contributed by atoms with Crippen LogP contribution >= 0.6 is 27.5 Å². The number of benzene rings is 4. The quantitative estimate of drug-likeness (QED) is 0.163. The van der Waals surface area contributed by atoms with Crippen LogP contribution in [0, 0.1) is 5.82 Å². The molecule has 7 nitrogen and oxygen atoms in total. The van der Waals surface area contributed by atoms with Crippen LogP contribution in [0.15, 0.2) is 112 Å². The minimum Gasteiger partial charge on any atom is -0.352 e. The zero-order chi connectivity index (χ0) is 33.4. The summed E-state index contributed by atoms with van der Waals surface area (Å²) >= 11 is 9.60. The van der Waals surface area contributed by atoms with Crippen LogP contribution in [0.4, 0.5) is 10.1 Å². The predicted molar refractivity (Wildman–Crippen MR) is 186 cm³/mol. The fourth-order valence-electron chi connectivity index (χ4n) is 5.82. The average Bonchev–Trinajstić information content (AvgIpc) is 3.07. The summed E-state index contributed by atoms with van der Waals surface area (Å²) in [5.41, 5.74) is 1.61. The summed E-state index contributed by atoms with van der Waals surface area (Å²) in [5, 5.41) is 2.90. The highest BCUT2D eigenvalue weighted by molar-refractivity contribution is 9.10. The van der Waals surface area contributed by atoms with Crippen molar-refractivity contribution in [3.8, 4) is 0 Å². The molecule has 0 saturated heterocycles. The van der Waals surface area contributed by atoms with E-state index in [2.05, 4.69) is 21.2 Å². The first-order chi connectivity index (χ1) is 22.6. The topological polar surface area (TPSA) is 86.8 Å². The van der Waals surface area contributed by atoms with E-state index in [9.17, 15) is 22.4 Å². The molecule has 1 aliphatic carbocycles. The summed E-state index contributed by atoms with van der Waals surface area (Å²) in [6, 6.07) is 27.1. The Bertz CT molecular complexity index is 1790. The molecule has 0 radical (unpaired) electrons. The number of sulfonamides is 1. The van der Waals surface area contributed by atoms with E-state index in [0.29, 0.717) is 0 Å². The molecule has 0 heterocycles. The second-order valence-electron chi connectivity index (χ2n) is 11.6. The summed E-state index contributed by atoms with van der Waals surface area (Å²) in [6.07, 6.45) is 5.08. The van der Waals surface area contributed by atoms with Crippen LogP contribution in [0.5, 0.6) is 0 Å². The monoisotopic (exact) mass is 739 g/mol. The van der Waals surface area contributed by atoms with Crippen molar-refractivity contribution in [2.75, 3.05) is 10.8 Å². The van der Waals surface area contributed by atoms with Gasteiger partial charge in [-0.05, 0) is 66.4 Å². The van der Waals surface area contributed by atoms with E-state index in [1.807, 2.05) is 54.6 Å². The molecule has 0 aliphatic heterocycles. The molecule has 1 aliphatic rings. The van der Waals surface area contributed by atoms with Gasteiger partial charge in [-0.15, -0.1) is 0 Å². The molecule has 2 amide bonds. The number of nitrogens with zero attached hydrogens (tertiary/aromatic N) is 2. The van der Waals surface area contributed by atoms with E-state index in [0.717, 1.165) is 58.1 Å². The molecule has 1 N–H and O–H groups in total. The summed E-state index contributed by atoms with van der Waals surface area (Å²) in [5.74, 6) is -1.63. The van der Waals surface area contributed by atoms with Crippen molar-refractivity contribution < 1.29 is 22.4 Å². The Hall–Kier alpha value is -3.73. The van der Waals surface area contributed by atoms with Gasteiger partial charge in [0.1, 0.15) is 18.4 Å². The Morgan fingerprint density at radius 2 is 1.53 bits per heavy atom. The lowest BCUT2D eigenvalue weighted by molar-refractivity contribution is -0.140. The maximum atomic E-state index is 14.6. The number of anilines is 1. The highest BCUT2D eigenvalue weighted by atomic mass is 79.9. The van der Waals surface area contributed by atoms with Gasteiger partial charge in [0, 0.05) is 23.5 Å². The lowest BCUT2D eigenvalue weighted by Gasteiger charge is -2.35. The van der Waals surface area contributed by atoms with Crippen LogP contribution < -0.4 is 9.62 Å². The number of hydrogen-bond acceptors (Lipinski definition) is 4. The van der Waals surface area contributed by atoms with Gasteiger partial charge in [0.25, 0.3) is 10.0 Å². The fourth-order valence-corrected chi connectivity index (χ4v) is 7.87. The van der Waals surface area contributed by atoms with Crippen LogP contribution in [0.2, 0.25) is 5.02 Å². The largest absolute Gasteiger partial charge is 0.352 e. The minimum absolute atomic E-state index is 0.00587. The fraction of sp³-hybridized carbons (Fsp3) is 0.278. The third-order valence-electron chi connectivity index (χ3n) is 8.27. The van der Waals surface area contributed by atoms with E-state index in [-0.39, 0.29) is 40.5 Å². The van der Waals surface area contributed by atoms with Crippen LogP contribution in [-0.2, 0) is 32.6 Å². The zero-order valence-electron chi connectivity index (χ0n) is 25.7. The highest BCUT2D eigenvalue weighted by Gasteiger charge is 2.35. The van der Waals surface area contributed by atoms with Crippen molar-refractivity contribution in [2.24, 2.45) is 0 Å². The number of amides is 2. The molecular weight excluding hydrogens is 705 g/mol. The second-order valence-corrected chi connectivity index (χ2v) is 14.8. The lowest BCUT2D eigenvalue weighted by atomic mass is 9.94. The van der Waals surface area contributed by atoms with Crippen molar-refractivity contribution in [3.05, 3.63) is 130 Å². The summed E-state index contributed by atoms with van der Waals surface area (Å²) in [7, 11) is -4.32. The number of nitrogens with one attached hydrogen (secondary N) is 1. The van der Waals surface area contributed by atoms with Crippen molar-refractivity contribution in [1.82, 2.24) is 10.2 Å². The molecule has 0 aromatic heterocycles. The van der Waals surface area contributed by atoms with E-state index in [4.69, 9.17) is 11.6 Å². The summed E-state index contributed by atoms with van der Waals surface area (Å²) < 4.78 is 44.1. The Morgan fingerprint density at radius 3 is 2.19 bits per heavy atom. The molecule has 246 valence electrons. The predicted octanol–water partition coefficient (Wildman–Crippen LogP) is 7.53. The van der Waals surface area contributed by atoms with Crippen molar-refractivity contribution in [3.63, 3.8) is 0 Å². The molecule has 1 atom stereocenters. The highest BCUT2D eigenvalue weighted by Crippen LogP contribution is 2.29. The molecule has 5 rings (SSSR count). The molecule has 0 unspecified atom stereocenters. The molecule has 0 bridgehead atoms. The molecule has 11 heteroatoms. The lowest BCUT2D eigenvalue weighted by Crippen LogP contribution is -2.55. The maximum Gasteiger partial charge on any atom is 0.264 e. The first kappa shape index (κ1) is 34.6. The number of carbonyl (C=O) groups is 2. The van der Waals surface area contributed by atoms with Gasteiger partial charge in [0.15, 0.2) is 0 Å². The SMILES string of the molecule is O=C(NC1CCCCC1)[C@@H](Cc1ccccc1)N(Cc1cccc(Br)c1)C(=O)CN(c1ccc(F)c(Cl)c1)S(=O)(=O)c1ccccc1. The number of halogens is 3. The smallest absolute Gasteiger partial charge is 0.264 e. The van der Waals surface area contributed by atoms with Crippen LogP contribution in [0.25, 0.3) is 0 Å². The van der Waals surface area contributed by atoms with Gasteiger partial charge in [0.2, 0.25) is 11.8 Å². The molecule has 4 aromatic rings. The minimum atomic E-state index is -4.32. The maximum absolute atomic E-state index is 14.6. The third kappa shape index (κ3) is 9.00. The molecule has 0 spiro atoms. The van der Waals surface area contributed by atoms with Gasteiger partial charge in [0.05, 0.1) is 15.6 Å². The Kier molecular flexibility index (Phi) is 11.7. The zero-order valence-corrected chi connectivity index (χ0v) is 28.9. The van der Waals surface area contributed by atoms with Crippen LogP contribution in [-0.4, -0.2) is 43.8 Å². The average molecular weight is 741 g/mol. The molecule has 1 saturated carbocycles. The van der Waals surface area contributed by atoms with Crippen LogP contribution in [0.3, 0.4) is 0 Å². The van der Waals surface area contributed by atoms with Crippen molar-refractivity contribution in [2.45, 2.75) is 62.0 Å². The van der Waals surface area contributed by atoms with Gasteiger partial charge in [-0.2, -0.15) is 0 Å². The standard InChI is InChI=1S/C36H36BrClFN3O4S/c37-28-14-10-13-27(21-28)24-41(34(22-26-11-4-1-5-12-26)36(44)40-29-15-6-2-7-16-29)35(43)25-42(30-19-20-33(39)32(38)23-30)47(45,46)31-17-8-3-9-18-31/h1,3-5,8-14,17-21,23,29,34H,2,6-7,15-16,22,24-25H2,(H,40,44)/t34-/m1/s1.